The van der Waals surface area contributed by atoms with Gasteiger partial charge in [-0.25, -0.2) is 8.42 Å². The Bertz CT molecular complexity index is 1140. The van der Waals surface area contributed by atoms with Crippen molar-refractivity contribution in [3.8, 4) is 0 Å². The van der Waals surface area contributed by atoms with Gasteiger partial charge in [-0.15, -0.1) is 0 Å². The molecule has 0 aliphatic carbocycles. The number of rotatable bonds is 7. The summed E-state index contributed by atoms with van der Waals surface area (Å²) in [5, 5.41) is 2.82. The van der Waals surface area contributed by atoms with Crippen LogP contribution in [0.2, 0.25) is 0 Å². The lowest BCUT2D eigenvalue weighted by Crippen LogP contribution is -2.47. The summed E-state index contributed by atoms with van der Waals surface area (Å²) in [7, 11) is -3.95. The predicted octanol–water partition coefficient (Wildman–Crippen LogP) is 4.05. The second-order valence-corrected chi connectivity index (χ2v) is 11.1. The number of carbonyl (C=O) groups excluding carboxylic acids is 2. The standard InChI is InChI=1S/C25H33N3O4S/c1-15(2)19-7-9-21(10-8-19)26-25(30)24(16(3)4)27-33(31,32)22-11-12-23-20(14-22)13-17(5)28(23)18(6)29/h7-12,14-17,24,27H,13H2,1-6H3,(H,26,30). The van der Waals surface area contributed by atoms with E-state index in [1.165, 1.54) is 13.0 Å². The van der Waals surface area contributed by atoms with Gasteiger partial charge in [0.05, 0.1) is 4.90 Å². The molecule has 0 saturated heterocycles. The van der Waals surface area contributed by atoms with Crippen LogP contribution in [-0.2, 0) is 26.0 Å². The van der Waals surface area contributed by atoms with Gasteiger partial charge in [-0.05, 0) is 66.6 Å². The highest BCUT2D eigenvalue weighted by Gasteiger charge is 2.32. The highest BCUT2D eigenvalue weighted by Crippen LogP contribution is 2.34. The Morgan fingerprint density at radius 1 is 1.03 bits per heavy atom. The maximum Gasteiger partial charge on any atom is 0.242 e. The number of carbonyl (C=O) groups is 2. The van der Waals surface area contributed by atoms with E-state index in [9.17, 15) is 18.0 Å². The molecule has 8 heteroatoms. The van der Waals surface area contributed by atoms with Crippen molar-refractivity contribution < 1.29 is 18.0 Å². The zero-order chi connectivity index (χ0) is 24.5. The molecule has 2 aromatic carbocycles. The van der Waals surface area contributed by atoms with Gasteiger partial charge in [0.25, 0.3) is 0 Å². The molecule has 0 bridgehead atoms. The van der Waals surface area contributed by atoms with Crippen molar-refractivity contribution in [2.24, 2.45) is 5.92 Å². The van der Waals surface area contributed by atoms with Gasteiger partial charge in [-0.1, -0.05) is 39.8 Å². The normalized spacial score (nSPS) is 16.7. The molecule has 1 aliphatic heterocycles. The SMILES string of the molecule is CC(=O)N1c2ccc(S(=O)(=O)NC(C(=O)Nc3ccc(C(C)C)cc3)C(C)C)cc2CC1C. The first-order valence-corrected chi connectivity index (χ1v) is 12.7. The van der Waals surface area contributed by atoms with E-state index in [1.807, 2.05) is 31.2 Å². The van der Waals surface area contributed by atoms with E-state index in [4.69, 9.17) is 0 Å². The maximum atomic E-state index is 13.1. The molecule has 0 radical (unpaired) electrons. The van der Waals surface area contributed by atoms with E-state index in [0.29, 0.717) is 18.0 Å². The number of hydrogen-bond acceptors (Lipinski definition) is 4. The van der Waals surface area contributed by atoms with Gasteiger partial charge in [-0.2, -0.15) is 4.72 Å². The Hall–Kier alpha value is -2.71. The summed E-state index contributed by atoms with van der Waals surface area (Å²) in [6.07, 6.45) is 0.582. The average molecular weight is 472 g/mol. The minimum absolute atomic E-state index is 0.0281. The second-order valence-electron chi connectivity index (χ2n) is 9.34. The summed E-state index contributed by atoms with van der Waals surface area (Å²) >= 11 is 0. The van der Waals surface area contributed by atoms with Crippen molar-refractivity contribution in [2.75, 3.05) is 10.2 Å². The summed E-state index contributed by atoms with van der Waals surface area (Å²) in [6.45, 7) is 11.2. The summed E-state index contributed by atoms with van der Waals surface area (Å²) in [4.78, 5) is 26.7. The number of amides is 2. The fourth-order valence-electron chi connectivity index (χ4n) is 4.15. The lowest BCUT2D eigenvalue weighted by atomic mass is 10.0. The molecule has 1 aliphatic rings. The quantitative estimate of drug-likeness (QED) is 0.637. The number of hydrogen-bond donors (Lipinski definition) is 2. The lowest BCUT2D eigenvalue weighted by molar-refractivity contribution is -0.118. The molecular weight excluding hydrogens is 438 g/mol. The number of benzene rings is 2. The Labute approximate surface area is 196 Å². The Morgan fingerprint density at radius 3 is 2.21 bits per heavy atom. The first kappa shape index (κ1) is 24.9. The summed E-state index contributed by atoms with van der Waals surface area (Å²) in [5.41, 5.74) is 3.31. The summed E-state index contributed by atoms with van der Waals surface area (Å²) in [5.74, 6) is -0.378. The van der Waals surface area contributed by atoms with E-state index in [-0.39, 0.29) is 22.8 Å². The topological polar surface area (TPSA) is 95.6 Å². The van der Waals surface area contributed by atoms with E-state index in [1.54, 1.807) is 30.9 Å². The first-order valence-electron chi connectivity index (χ1n) is 11.3. The fourth-order valence-corrected chi connectivity index (χ4v) is 5.55. The molecule has 0 aromatic heterocycles. The minimum atomic E-state index is -3.95. The van der Waals surface area contributed by atoms with Crippen molar-refractivity contribution in [3.63, 3.8) is 0 Å². The number of sulfonamides is 1. The Balaban J connectivity index is 1.79. The number of nitrogens with one attached hydrogen (secondary N) is 2. The molecule has 2 amide bonds. The van der Waals surface area contributed by atoms with Crippen LogP contribution in [-0.4, -0.2) is 32.3 Å². The van der Waals surface area contributed by atoms with Crippen LogP contribution in [0.4, 0.5) is 11.4 Å². The van der Waals surface area contributed by atoms with Crippen molar-refractivity contribution in [1.29, 1.82) is 0 Å². The largest absolute Gasteiger partial charge is 0.325 e. The summed E-state index contributed by atoms with van der Waals surface area (Å²) < 4.78 is 28.9. The van der Waals surface area contributed by atoms with Crippen LogP contribution < -0.4 is 14.9 Å². The van der Waals surface area contributed by atoms with Crippen molar-refractivity contribution in [1.82, 2.24) is 4.72 Å². The second kappa shape index (κ2) is 9.65. The van der Waals surface area contributed by atoms with Gasteiger partial charge in [0.15, 0.2) is 0 Å². The van der Waals surface area contributed by atoms with Crippen LogP contribution in [0.15, 0.2) is 47.4 Å². The minimum Gasteiger partial charge on any atom is -0.325 e. The molecule has 33 heavy (non-hydrogen) atoms. The van der Waals surface area contributed by atoms with Crippen molar-refractivity contribution in [2.45, 2.75) is 70.9 Å². The number of nitrogens with zero attached hydrogens (tertiary/aromatic N) is 1. The van der Waals surface area contributed by atoms with Crippen LogP contribution in [0.25, 0.3) is 0 Å². The molecule has 1 heterocycles. The van der Waals surface area contributed by atoms with E-state index >= 15 is 0 Å². The molecule has 2 unspecified atom stereocenters. The monoisotopic (exact) mass is 471 g/mol. The molecule has 0 fully saturated rings. The highest BCUT2D eigenvalue weighted by atomic mass is 32.2. The van der Waals surface area contributed by atoms with Gasteiger partial charge >= 0.3 is 0 Å². The third kappa shape index (κ3) is 5.45. The van der Waals surface area contributed by atoms with E-state index < -0.39 is 22.0 Å². The van der Waals surface area contributed by atoms with Crippen LogP contribution >= 0.6 is 0 Å². The molecule has 178 valence electrons. The van der Waals surface area contributed by atoms with Crippen molar-refractivity contribution in [3.05, 3.63) is 53.6 Å². The van der Waals surface area contributed by atoms with Crippen LogP contribution in [0.5, 0.6) is 0 Å². The van der Waals surface area contributed by atoms with Crippen LogP contribution in [0.1, 0.15) is 58.6 Å². The van der Waals surface area contributed by atoms with Gasteiger partial charge in [0, 0.05) is 24.3 Å². The molecule has 2 atom stereocenters. The summed E-state index contributed by atoms with van der Waals surface area (Å²) in [6, 6.07) is 11.3. The Morgan fingerprint density at radius 2 is 1.67 bits per heavy atom. The van der Waals surface area contributed by atoms with Gasteiger partial charge in [0.1, 0.15) is 6.04 Å². The van der Waals surface area contributed by atoms with Crippen LogP contribution in [0.3, 0.4) is 0 Å². The average Bonchev–Trinajstić information content (AvgIpc) is 3.07. The van der Waals surface area contributed by atoms with E-state index in [0.717, 1.165) is 16.8 Å². The number of fused-ring (bicyclic) bond motifs is 1. The third-order valence-corrected chi connectivity index (χ3v) is 7.43. The molecule has 7 nitrogen and oxygen atoms in total. The molecule has 0 spiro atoms. The molecule has 2 N–H and O–H groups in total. The fraction of sp³-hybridized carbons (Fsp3) is 0.440. The maximum absolute atomic E-state index is 13.1. The first-order chi connectivity index (χ1) is 15.4. The zero-order valence-electron chi connectivity index (χ0n) is 20.0. The molecular formula is C25H33N3O4S. The molecule has 3 rings (SSSR count). The van der Waals surface area contributed by atoms with Gasteiger partial charge < -0.3 is 10.2 Å². The number of anilines is 2. The van der Waals surface area contributed by atoms with E-state index in [2.05, 4.69) is 23.9 Å². The van der Waals surface area contributed by atoms with Gasteiger partial charge in [0.2, 0.25) is 21.8 Å². The highest BCUT2D eigenvalue weighted by molar-refractivity contribution is 7.89. The zero-order valence-corrected chi connectivity index (χ0v) is 20.9. The Kier molecular flexibility index (Phi) is 7.29. The molecule has 2 aromatic rings. The van der Waals surface area contributed by atoms with Gasteiger partial charge in [-0.3, -0.25) is 9.59 Å². The van der Waals surface area contributed by atoms with Crippen LogP contribution in [0, 0.1) is 5.92 Å². The smallest absolute Gasteiger partial charge is 0.242 e. The molecule has 0 saturated carbocycles. The predicted molar refractivity (Wildman–Crippen MR) is 131 cm³/mol. The lowest BCUT2D eigenvalue weighted by Gasteiger charge is -2.22. The third-order valence-electron chi connectivity index (χ3n) is 5.99. The van der Waals surface area contributed by atoms with Crippen molar-refractivity contribution >= 4 is 33.2 Å².